The Kier molecular flexibility index (Phi) is 2.72. The first kappa shape index (κ1) is 7.96. The molecule has 0 radical (unpaired) electrons. The van der Waals surface area contributed by atoms with E-state index in [2.05, 4.69) is 0 Å². The summed E-state index contributed by atoms with van der Waals surface area (Å²) in [6, 6.07) is 1.70. The van der Waals surface area contributed by atoms with Crippen LogP contribution in [0.25, 0.3) is 0 Å². The summed E-state index contributed by atoms with van der Waals surface area (Å²) in [6.07, 6.45) is 0. The van der Waals surface area contributed by atoms with Gasteiger partial charge in [0.05, 0.1) is 6.07 Å². The van der Waals surface area contributed by atoms with E-state index in [-0.39, 0.29) is 5.92 Å². The van der Waals surface area contributed by atoms with Gasteiger partial charge in [0.2, 0.25) is 0 Å². The predicted molar refractivity (Wildman–Crippen MR) is 31.6 cm³/mol. The molecular weight excluding hydrogens is 118 g/mol. The van der Waals surface area contributed by atoms with Crippen molar-refractivity contribution in [2.24, 2.45) is 11.8 Å². The predicted octanol–water partition coefficient (Wildman–Crippen LogP) is 0.867. The van der Waals surface area contributed by atoms with Crippen molar-refractivity contribution in [2.75, 3.05) is 0 Å². The number of aliphatic carboxylic acids is 1. The van der Waals surface area contributed by atoms with Gasteiger partial charge in [0.25, 0.3) is 0 Å². The molecule has 0 bridgehead atoms. The lowest BCUT2D eigenvalue weighted by Crippen LogP contribution is -2.17. The molecule has 0 aliphatic heterocycles. The van der Waals surface area contributed by atoms with Gasteiger partial charge in [0.15, 0.2) is 0 Å². The molecular formula is C6H9NO2. The molecule has 0 amide bonds. The Morgan fingerprint density at radius 2 is 2.11 bits per heavy atom. The number of carboxylic acids is 1. The van der Waals surface area contributed by atoms with Crippen molar-refractivity contribution in [3.63, 3.8) is 0 Å². The Balaban J connectivity index is 4.04. The van der Waals surface area contributed by atoms with Crippen LogP contribution in [0.5, 0.6) is 0 Å². The first-order chi connectivity index (χ1) is 4.09. The molecule has 9 heavy (non-hydrogen) atoms. The second-order valence-corrected chi connectivity index (χ2v) is 2.19. The molecule has 0 spiro atoms. The second kappa shape index (κ2) is 3.08. The normalized spacial score (nSPS) is 12.7. The van der Waals surface area contributed by atoms with Crippen LogP contribution in [-0.2, 0) is 4.79 Å². The summed E-state index contributed by atoms with van der Waals surface area (Å²) in [5.74, 6) is -2.00. The van der Waals surface area contributed by atoms with E-state index in [0.29, 0.717) is 0 Å². The molecule has 0 aliphatic rings. The third-order valence-corrected chi connectivity index (χ3v) is 1.07. The minimum absolute atomic E-state index is 0.104. The van der Waals surface area contributed by atoms with Crippen LogP contribution in [-0.4, -0.2) is 11.1 Å². The molecule has 0 aromatic rings. The molecule has 3 heteroatoms. The van der Waals surface area contributed by atoms with E-state index in [0.717, 1.165) is 0 Å². The Morgan fingerprint density at radius 1 is 1.67 bits per heavy atom. The van der Waals surface area contributed by atoms with Crippen molar-refractivity contribution in [1.82, 2.24) is 0 Å². The highest BCUT2D eigenvalue weighted by Crippen LogP contribution is 2.08. The number of hydrogen-bond donors (Lipinski definition) is 1. The number of hydrogen-bond acceptors (Lipinski definition) is 2. The fourth-order valence-corrected chi connectivity index (χ4v) is 0.489. The third kappa shape index (κ3) is 2.13. The quantitative estimate of drug-likeness (QED) is 0.598. The van der Waals surface area contributed by atoms with E-state index >= 15 is 0 Å². The van der Waals surface area contributed by atoms with Gasteiger partial charge in [0.1, 0.15) is 5.92 Å². The zero-order chi connectivity index (χ0) is 7.44. The van der Waals surface area contributed by atoms with Gasteiger partial charge in [-0.05, 0) is 5.92 Å². The van der Waals surface area contributed by atoms with Crippen LogP contribution in [0.3, 0.4) is 0 Å². The minimum Gasteiger partial charge on any atom is -0.480 e. The second-order valence-electron chi connectivity index (χ2n) is 2.19. The summed E-state index contributed by atoms with van der Waals surface area (Å²) in [7, 11) is 0. The summed E-state index contributed by atoms with van der Waals surface area (Å²) < 4.78 is 0. The molecule has 1 atom stereocenters. The fraction of sp³-hybridized carbons (Fsp3) is 0.667. The topological polar surface area (TPSA) is 61.1 Å². The van der Waals surface area contributed by atoms with Gasteiger partial charge in [-0.3, -0.25) is 4.79 Å². The van der Waals surface area contributed by atoms with Gasteiger partial charge in [0, 0.05) is 0 Å². The lowest BCUT2D eigenvalue weighted by atomic mass is 9.98. The maximum atomic E-state index is 10.1. The van der Waals surface area contributed by atoms with Crippen LogP contribution in [0.1, 0.15) is 13.8 Å². The molecule has 0 saturated carbocycles. The number of carbonyl (C=O) groups is 1. The maximum Gasteiger partial charge on any atom is 0.321 e. The number of carboxylic acid groups (broad SMARTS) is 1. The Bertz CT molecular complexity index is 146. The molecule has 0 aromatic heterocycles. The van der Waals surface area contributed by atoms with Crippen molar-refractivity contribution in [2.45, 2.75) is 13.8 Å². The SMILES string of the molecule is CC(C)[C@@H](C#N)C(=O)O. The van der Waals surface area contributed by atoms with E-state index < -0.39 is 11.9 Å². The van der Waals surface area contributed by atoms with Crippen LogP contribution in [0, 0.1) is 23.2 Å². The average molecular weight is 127 g/mol. The molecule has 50 valence electrons. The van der Waals surface area contributed by atoms with Gasteiger partial charge in [-0.15, -0.1) is 0 Å². The standard InChI is InChI=1S/C6H9NO2/c1-4(2)5(3-7)6(8)9/h4-5H,1-2H3,(H,8,9)/t5-/m1/s1. The van der Waals surface area contributed by atoms with Gasteiger partial charge < -0.3 is 5.11 Å². The zero-order valence-corrected chi connectivity index (χ0v) is 5.46. The van der Waals surface area contributed by atoms with Crippen LogP contribution in [0.4, 0.5) is 0 Å². The van der Waals surface area contributed by atoms with E-state index in [9.17, 15) is 4.79 Å². The van der Waals surface area contributed by atoms with Gasteiger partial charge in [-0.1, -0.05) is 13.8 Å². The summed E-state index contributed by atoms with van der Waals surface area (Å²) >= 11 is 0. The van der Waals surface area contributed by atoms with Gasteiger partial charge >= 0.3 is 5.97 Å². The zero-order valence-electron chi connectivity index (χ0n) is 5.46. The molecule has 3 nitrogen and oxygen atoms in total. The van der Waals surface area contributed by atoms with Crippen LogP contribution in [0.2, 0.25) is 0 Å². The Labute approximate surface area is 53.9 Å². The van der Waals surface area contributed by atoms with Crippen molar-refractivity contribution in [3.8, 4) is 6.07 Å². The monoisotopic (exact) mass is 127 g/mol. The average Bonchev–Trinajstić information content (AvgIpc) is 1.64. The molecule has 0 saturated heterocycles. The summed E-state index contributed by atoms with van der Waals surface area (Å²) in [6.45, 7) is 3.42. The number of nitrogens with zero attached hydrogens (tertiary/aromatic N) is 1. The van der Waals surface area contributed by atoms with Crippen LogP contribution in [0.15, 0.2) is 0 Å². The summed E-state index contributed by atoms with van der Waals surface area (Å²) in [5, 5.41) is 16.6. The first-order valence-corrected chi connectivity index (χ1v) is 2.72. The van der Waals surface area contributed by atoms with Crippen LogP contribution >= 0.6 is 0 Å². The lowest BCUT2D eigenvalue weighted by Gasteiger charge is -2.04. The molecule has 0 unspecified atom stereocenters. The van der Waals surface area contributed by atoms with E-state index in [1.807, 2.05) is 0 Å². The highest BCUT2D eigenvalue weighted by atomic mass is 16.4. The summed E-state index contributed by atoms with van der Waals surface area (Å²) in [4.78, 5) is 10.1. The maximum absolute atomic E-state index is 10.1. The van der Waals surface area contributed by atoms with E-state index in [1.165, 1.54) is 0 Å². The fourth-order valence-electron chi connectivity index (χ4n) is 0.489. The molecule has 0 fully saturated rings. The van der Waals surface area contributed by atoms with Crippen molar-refractivity contribution >= 4 is 5.97 Å². The Hall–Kier alpha value is -1.04. The van der Waals surface area contributed by atoms with Crippen molar-refractivity contribution < 1.29 is 9.90 Å². The van der Waals surface area contributed by atoms with Crippen LogP contribution < -0.4 is 0 Å². The number of rotatable bonds is 2. The third-order valence-electron chi connectivity index (χ3n) is 1.07. The highest BCUT2D eigenvalue weighted by molar-refractivity contribution is 5.73. The molecule has 1 N–H and O–H groups in total. The van der Waals surface area contributed by atoms with Crippen molar-refractivity contribution in [1.29, 1.82) is 5.26 Å². The first-order valence-electron chi connectivity index (χ1n) is 2.72. The molecule has 0 aromatic carbocycles. The highest BCUT2D eigenvalue weighted by Gasteiger charge is 2.19. The Morgan fingerprint density at radius 3 is 2.11 bits per heavy atom. The number of nitriles is 1. The molecule has 0 aliphatic carbocycles. The molecule has 0 rings (SSSR count). The van der Waals surface area contributed by atoms with Gasteiger partial charge in [-0.2, -0.15) is 5.26 Å². The van der Waals surface area contributed by atoms with Gasteiger partial charge in [-0.25, -0.2) is 0 Å². The minimum atomic E-state index is -1.03. The summed E-state index contributed by atoms with van der Waals surface area (Å²) in [5.41, 5.74) is 0. The smallest absolute Gasteiger partial charge is 0.321 e. The lowest BCUT2D eigenvalue weighted by molar-refractivity contribution is -0.140. The van der Waals surface area contributed by atoms with E-state index in [1.54, 1.807) is 19.9 Å². The molecule has 0 heterocycles. The largest absolute Gasteiger partial charge is 0.480 e. The van der Waals surface area contributed by atoms with E-state index in [4.69, 9.17) is 10.4 Å². The van der Waals surface area contributed by atoms with Crippen molar-refractivity contribution in [3.05, 3.63) is 0 Å².